The van der Waals surface area contributed by atoms with Crippen LogP contribution in [0.2, 0.25) is 0 Å². The third-order valence-electron chi connectivity index (χ3n) is 3.34. The fourth-order valence-corrected chi connectivity index (χ4v) is 2.43. The minimum atomic E-state index is -0.00410. The van der Waals surface area contributed by atoms with Crippen molar-refractivity contribution in [3.8, 4) is 0 Å². The van der Waals surface area contributed by atoms with Crippen LogP contribution in [-0.2, 0) is 0 Å². The van der Waals surface area contributed by atoms with Crippen LogP contribution in [0.1, 0.15) is 42.7 Å². The Balaban J connectivity index is 1.87. The van der Waals surface area contributed by atoms with Gasteiger partial charge in [0, 0.05) is 13.6 Å². The lowest BCUT2D eigenvalue weighted by Gasteiger charge is -2.26. The highest BCUT2D eigenvalue weighted by Crippen LogP contribution is 2.24. The van der Waals surface area contributed by atoms with E-state index < -0.39 is 0 Å². The van der Waals surface area contributed by atoms with Crippen LogP contribution in [0.15, 0.2) is 22.8 Å². The Bertz CT molecular complexity index is 326. The van der Waals surface area contributed by atoms with Crippen LogP contribution in [0.3, 0.4) is 0 Å². The Morgan fingerprint density at radius 1 is 1.44 bits per heavy atom. The SMILES string of the molecule is CN(CC1CCCCC1)C(=O)c1ccco1. The molecule has 88 valence electrons. The minimum absolute atomic E-state index is 0.00410. The number of nitrogens with zero attached hydrogens (tertiary/aromatic N) is 1. The zero-order chi connectivity index (χ0) is 11.4. The number of carbonyl (C=O) groups is 1. The molecule has 0 aliphatic heterocycles. The summed E-state index contributed by atoms with van der Waals surface area (Å²) in [6, 6.07) is 3.47. The minimum Gasteiger partial charge on any atom is -0.459 e. The second-order valence-corrected chi connectivity index (χ2v) is 4.67. The van der Waals surface area contributed by atoms with Crippen molar-refractivity contribution in [1.82, 2.24) is 4.90 Å². The van der Waals surface area contributed by atoms with E-state index in [-0.39, 0.29) is 5.91 Å². The predicted molar refractivity (Wildman–Crippen MR) is 62.2 cm³/mol. The highest BCUT2D eigenvalue weighted by Gasteiger charge is 2.20. The van der Waals surface area contributed by atoms with Crippen molar-refractivity contribution in [1.29, 1.82) is 0 Å². The normalized spacial score (nSPS) is 17.3. The van der Waals surface area contributed by atoms with Crippen molar-refractivity contribution >= 4 is 5.91 Å². The molecule has 1 aromatic heterocycles. The van der Waals surface area contributed by atoms with Crippen LogP contribution in [0.25, 0.3) is 0 Å². The summed E-state index contributed by atoms with van der Waals surface area (Å²) >= 11 is 0. The van der Waals surface area contributed by atoms with Gasteiger partial charge < -0.3 is 9.32 Å². The molecular weight excluding hydrogens is 202 g/mol. The van der Waals surface area contributed by atoms with Gasteiger partial charge in [-0.1, -0.05) is 19.3 Å². The van der Waals surface area contributed by atoms with Gasteiger partial charge in [-0.15, -0.1) is 0 Å². The van der Waals surface area contributed by atoms with Crippen molar-refractivity contribution in [3.05, 3.63) is 24.2 Å². The first kappa shape index (κ1) is 11.2. The molecule has 3 heteroatoms. The molecular formula is C13H19NO2. The molecule has 0 radical (unpaired) electrons. The van der Waals surface area contributed by atoms with E-state index in [4.69, 9.17) is 4.42 Å². The zero-order valence-corrected chi connectivity index (χ0v) is 9.82. The molecule has 0 saturated heterocycles. The van der Waals surface area contributed by atoms with Gasteiger partial charge in [0.15, 0.2) is 5.76 Å². The van der Waals surface area contributed by atoms with Crippen LogP contribution >= 0.6 is 0 Å². The van der Waals surface area contributed by atoms with Gasteiger partial charge in [-0.2, -0.15) is 0 Å². The third-order valence-corrected chi connectivity index (χ3v) is 3.34. The van der Waals surface area contributed by atoms with E-state index in [1.807, 2.05) is 7.05 Å². The molecule has 0 spiro atoms. The highest BCUT2D eigenvalue weighted by molar-refractivity contribution is 5.91. The van der Waals surface area contributed by atoms with Gasteiger partial charge in [0.2, 0.25) is 0 Å². The van der Waals surface area contributed by atoms with E-state index >= 15 is 0 Å². The smallest absolute Gasteiger partial charge is 0.289 e. The Morgan fingerprint density at radius 2 is 2.19 bits per heavy atom. The first-order chi connectivity index (χ1) is 7.77. The molecule has 1 aliphatic carbocycles. The molecule has 1 amide bonds. The van der Waals surface area contributed by atoms with Crippen molar-refractivity contribution in [3.63, 3.8) is 0 Å². The zero-order valence-electron chi connectivity index (χ0n) is 9.82. The van der Waals surface area contributed by atoms with Crippen molar-refractivity contribution in [2.45, 2.75) is 32.1 Å². The Labute approximate surface area is 96.4 Å². The summed E-state index contributed by atoms with van der Waals surface area (Å²) in [5.74, 6) is 1.12. The monoisotopic (exact) mass is 221 g/mol. The molecule has 1 heterocycles. The second kappa shape index (κ2) is 5.19. The molecule has 3 nitrogen and oxygen atoms in total. The molecule has 2 rings (SSSR count). The van der Waals surface area contributed by atoms with E-state index in [2.05, 4.69) is 0 Å². The summed E-state index contributed by atoms with van der Waals surface area (Å²) < 4.78 is 5.11. The van der Waals surface area contributed by atoms with Gasteiger partial charge >= 0.3 is 0 Å². The Hall–Kier alpha value is -1.25. The summed E-state index contributed by atoms with van der Waals surface area (Å²) in [4.78, 5) is 13.7. The average Bonchev–Trinajstić information content (AvgIpc) is 2.83. The van der Waals surface area contributed by atoms with E-state index in [0.29, 0.717) is 11.7 Å². The Kier molecular flexibility index (Phi) is 3.65. The van der Waals surface area contributed by atoms with E-state index in [1.165, 1.54) is 32.1 Å². The van der Waals surface area contributed by atoms with Crippen LogP contribution in [0.4, 0.5) is 0 Å². The maximum absolute atomic E-state index is 11.9. The summed E-state index contributed by atoms with van der Waals surface area (Å²) in [6.45, 7) is 0.861. The lowest BCUT2D eigenvalue weighted by atomic mass is 9.89. The summed E-state index contributed by atoms with van der Waals surface area (Å²) in [7, 11) is 1.86. The van der Waals surface area contributed by atoms with Crippen molar-refractivity contribution in [2.75, 3.05) is 13.6 Å². The van der Waals surface area contributed by atoms with Crippen LogP contribution in [0.5, 0.6) is 0 Å². The van der Waals surface area contributed by atoms with Crippen LogP contribution in [-0.4, -0.2) is 24.4 Å². The number of amides is 1. The quantitative estimate of drug-likeness (QED) is 0.786. The van der Waals surface area contributed by atoms with Gasteiger partial charge in [0.25, 0.3) is 5.91 Å². The maximum Gasteiger partial charge on any atom is 0.289 e. The molecule has 16 heavy (non-hydrogen) atoms. The lowest BCUT2D eigenvalue weighted by Crippen LogP contribution is -2.32. The largest absolute Gasteiger partial charge is 0.459 e. The predicted octanol–water partition coefficient (Wildman–Crippen LogP) is 2.93. The van der Waals surface area contributed by atoms with Gasteiger partial charge in [-0.05, 0) is 30.9 Å². The van der Waals surface area contributed by atoms with Crippen molar-refractivity contribution in [2.24, 2.45) is 5.92 Å². The van der Waals surface area contributed by atoms with Gasteiger partial charge in [0.05, 0.1) is 6.26 Å². The molecule has 0 unspecified atom stereocenters. The van der Waals surface area contributed by atoms with E-state index in [9.17, 15) is 4.79 Å². The van der Waals surface area contributed by atoms with Crippen LogP contribution < -0.4 is 0 Å². The standard InChI is InChI=1S/C13H19NO2/c1-14(10-11-6-3-2-4-7-11)13(15)12-8-5-9-16-12/h5,8-9,11H,2-4,6-7,10H2,1H3. The topological polar surface area (TPSA) is 33.5 Å². The van der Waals surface area contributed by atoms with E-state index in [1.54, 1.807) is 23.3 Å². The summed E-state index contributed by atoms with van der Waals surface area (Å²) in [5, 5.41) is 0. The first-order valence-electron chi connectivity index (χ1n) is 6.06. The molecule has 1 fully saturated rings. The molecule has 0 bridgehead atoms. The van der Waals surface area contributed by atoms with Crippen LogP contribution in [0, 0.1) is 5.92 Å². The molecule has 1 saturated carbocycles. The fraction of sp³-hybridized carbons (Fsp3) is 0.615. The molecule has 0 aromatic carbocycles. The number of furan rings is 1. The first-order valence-corrected chi connectivity index (χ1v) is 6.06. The summed E-state index contributed by atoms with van der Waals surface area (Å²) in [5.41, 5.74) is 0. The number of carbonyl (C=O) groups excluding carboxylic acids is 1. The maximum atomic E-state index is 11.9. The number of hydrogen-bond acceptors (Lipinski definition) is 2. The fourth-order valence-electron chi connectivity index (χ4n) is 2.43. The third kappa shape index (κ3) is 2.65. The van der Waals surface area contributed by atoms with E-state index in [0.717, 1.165) is 6.54 Å². The second-order valence-electron chi connectivity index (χ2n) is 4.67. The molecule has 1 aromatic rings. The van der Waals surface area contributed by atoms with Crippen molar-refractivity contribution < 1.29 is 9.21 Å². The average molecular weight is 221 g/mol. The van der Waals surface area contributed by atoms with Gasteiger partial charge in [0.1, 0.15) is 0 Å². The molecule has 0 N–H and O–H groups in total. The van der Waals surface area contributed by atoms with Gasteiger partial charge in [-0.3, -0.25) is 4.79 Å². The number of rotatable bonds is 3. The lowest BCUT2D eigenvalue weighted by molar-refractivity contribution is 0.0729. The molecule has 0 atom stereocenters. The highest BCUT2D eigenvalue weighted by atomic mass is 16.3. The number of hydrogen-bond donors (Lipinski definition) is 0. The molecule has 1 aliphatic rings. The summed E-state index contributed by atoms with van der Waals surface area (Å²) in [6.07, 6.45) is 8.04. The Morgan fingerprint density at radius 3 is 2.81 bits per heavy atom. The van der Waals surface area contributed by atoms with Gasteiger partial charge in [-0.25, -0.2) is 0 Å².